The van der Waals surface area contributed by atoms with Gasteiger partial charge in [-0.2, -0.15) is 0 Å². The van der Waals surface area contributed by atoms with E-state index in [1.54, 1.807) is 24.3 Å². The summed E-state index contributed by atoms with van der Waals surface area (Å²) < 4.78 is 0. The van der Waals surface area contributed by atoms with E-state index in [4.69, 9.17) is 16.7 Å². The molecule has 1 atom stereocenters. The zero-order chi connectivity index (χ0) is 15.9. The number of benzene rings is 1. The second kappa shape index (κ2) is 8.00. The molecule has 0 aliphatic rings. The maximum absolute atomic E-state index is 11.9. The SMILES string of the molecule is CCC(C)(CCO)NC(=O)CNC(=O)c1ccc(Cl)cc1. The van der Waals surface area contributed by atoms with E-state index in [1.807, 2.05) is 13.8 Å². The molecule has 6 heteroatoms. The number of hydrogen-bond donors (Lipinski definition) is 3. The van der Waals surface area contributed by atoms with Crippen LogP contribution >= 0.6 is 11.6 Å². The van der Waals surface area contributed by atoms with Crippen molar-refractivity contribution in [3.63, 3.8) is 0 Å². The third-order valence-electron chi connectivity index (χ3n) is 3.40. The first kappa shape index (κ1) is 17.5. The van der Waals surface area contributed by atoms with Gasteiger partial charge in [-0.25, -0.2) is 0 Å². The highest BCUT2D eigenvalue weighted by molar-refractivity contribution is 6.30. The quantitative estimate of drug-likeness (QED) is 0.717. The molecule has 0 saturated heterocycles. The maximum atomic E-state index is 11.9. The summed E-state index contributed by atoms with van der Waals surface area (Å²) >= 11 is 5.75. The van der Waals surface area contributed by atoms with Crippen molar-refractivity contribution in [3.05, 3.63) is 34.9 Å². The fraction of sp³-hybridized carbons (Fsp3) is 0.467. The number of carbonyl (C=O) groups excluding carboxylic acids is 2. The summed E-state index contributed by atoms with van der Waals surface area (Å²) in [5.41, 5.74) is -0.0163. The summed E-state index contributed by atoms with van der Waals surface area (Å²) in [7, 11) is 0. The summed E-state index contributed by atoms with van der Waals surface area (Å²) in [6.07, 6.45) is 1.17. The van der Waals surface area contributed by atoms with Gasteiger partial charge in [0.1, 0.15) is 0 Å². The minimum absolute atomic E-state index is 0.00174. The van der Waals surface area contributed by atoms with Gasteiger partial charge in [-0.1, -0.05) is 18.5 Å². The Balaban J connectivity index is 2.49. The third-order valence-corrected chi connectivity index (χ3v) is 3.65. The highest BCUT2D eigenvalue weighted by atomic mass is 35.5. The molecule has 21 heavy (non-hydrogen) atoms. The third kappa shape index (κ3) is 5.73. The van der Waals surface area contributed by atoms with Crippen LogP contribution in [0.15, 0.2) is 24.3 Å². The van der Waals surface area contributed by atoms with Crippen LogP contribution < -0.4 is 10.6 Å². The van der Waals surface area contributed by atoms with E-state index in [9.17, 15) is 9.59 Å². The molecule has 116 valence electrons. The van der Waals surface area contributed by atoms with E-state index < -0.39 is 5.54 Å². The van der Waals surface area contributed by atoms with E-state index in [0.29, 0.717) is 23.4 Å². The summed E-state index contributed by atoms with van der Waals surface area (Å²) in [5.74, 6) is -0.614. The topological polar surface area (TPSA) is 78.4 Å². The Morgan fingerprint density at radius 2 is 1.90 bits per heavy atom. The predicted molar refractivity (Wildman–Crippen MR) is 82.3 cm³/mol. The molecule has 0 aromatic heterocycles. The van der Waals surface area contributed by atoms with E-state index in [2.05, 4.69) is 10.6 Å². The molecule has 0 radical (unpaired) electrons. The average molecular weight is 313 g/mol. The Morgan fingerprint density at radius 3 is 2.43 bits per heavy atom. The van der Waals surface area contributed by atoms with Crippen LogP contribution in [-0.4, -0.2) is 35.6 Å². The van der Waals surface area contributed by atoms with Gasteiger partial charge in [-0.05, 0) is 44.0 Å². The fourth-order valence-corrected chi connectivity index (χ4v) is 1.95. The van der Waals surface area contributed by atoms with Crippen LogP contribution in [0.4, 0.5) is 0 Å². The summed E-state index contributed by atoms with van der Waals surface area (Å²) in [6, 6.07) is 6.42. The van der Waals surface area contributed by atoms with Crippen molar-refractivity contribution in [1.82, 2.24) is 10.6 Å². The smallest absolute Gasteiger partial charge is 0.251 e. The van der Waals surface area contributed by atoms with Crippen LogP contribution in [0.25, 0.3) is 0 Å². The first-order valence-corrected chi connectivity index (χ1v) is 7.23. The number of nitrogens with one attached hydrogen (secondary N) is 2. The van der Waals surface area contributed by atoms with Crippen molar-refractivity contribution in [2.75, 3.05) is 13.2 Å². The van der Waals surface area contributed by atoms with Crippen LogP contribution in [-0.2, 0) is 4.79 Å². The van der Waals surface area contributed by atoms with Crippen molar-refractivity contribution in [2.24, 2.45) is 0 Å². The van der Waals surface area contributed by atoms with Gasteiger partial charge < -0.3 is 15.7 Å². The normalized spacial score (nSPS) is 13.3. The molecule has 0 aliphatic heterocycles. The van der Waals surface area contributed by atoms with Crippen molar-refractivity contribution in [2.45, 2.75) is 32.2 Å². The van der Waals surface area contributed by atoms with Crippen LogP contribution in [0.1, 0.15) is 37.0 Å². The van der Waals surface area contributed by atoms with Gasteiger partial charge in [0, 0.05) is 22.7 Å². The summed E-state index contributed by atoms with van der Waals surface area (Å²) in [4.78, 5) is 23.7. The Hall–Kier alpha value is -1.59. The molecule has 0 bridgehead atoms. The molecule has 1 unspecified atom stereocenters. The molecule has 0 aliphatic carbocycles. The molecular weight excluding hydrogens is 292 g/mol. The molecule has 1 aromatic carbocycles. The lowest BCUT2D eigenvalue weighted by Gasteiger charge is -2.29. The standard InChI is InChI=1S/C15H21ClN2O3/c1-3-15(2,8-9-19)18-13(20)10-17-14(21)11-4-6-12(16)7-5-11/h4-7,19H,3,8-10H2,1-2H3,(H,17,21)(H,18,20). The molecule has 0 fully saturated rings. The summed E-state index contributed by atoms with van der Waals surface area (Å²) in [5, 5.41) is 14.9. The largest absolute Gasteiger partial charge is 0.396 e. The zero-order valence-corrected chi connectivity index (χ0v) is 13.0. The van der Waals surface area contributed by atoms with Crippen molar-refractivity contribution in [1.29, 1.82) is 0 Å². The molecule has 1 aromatic rings. The number of carbonyl (C=O) groups is 2. The molecule has 3 N–H and O–H groups in total. The van der Waals surface area contributed by atoms with Crippen molar-refractivity contribution < 1.29 is 14.7 Å². The monoisotopic (exact) mass is 312 g/mol. The number of halogens is 1. The molecule has 0 spiro atoms. The van der Waals surface area contributed by atoms with E-state index >= 15 is 0 Å². The van der Waals surface area contributed by atoms with Gasteiger partial charge in [0.2, 0.25) is 5.91 Å². The van der Waals surface area contributed by atoms with Gasteiger partial charge in [-0.15, -0.1) is 0 Å². The molecule has 0 heterocycles. The molecule has 0 saturated carbocycles. The van der Waals surface area contributed by atoms with Gasteiger partial charge >= 0.3 is 0 Å². The average Bonchev–Trinajstić information content (AvgIpc) is 2.45. The molecule has 5 nitrogen and oxygen atoms in total. The Labute approximate surface area is 129 Å². The highest BCUT2D eigenvalue weighted by Gasteiger charge is 2.23. The van der Waals surface area contributed by atoms with Gasteiger partial charge in [0.05, 0.1) is 6.54 Å². The lowest BCUT2D eigenvalue weighted by molar-refractivity contribution is -0.122. The first-order chi connectivity index (χ1) is 9.90. The van der Waals surface area contributed by atoms with Gasteiger partial charge in [0.25, 0.3) is 5.91 Å². The first-order valence-electron chi connectivity index (χ1n) is 6.86. The molecule has 1 rings (SSSR count). The second-order valence-electron chi connectivity index (χ2n) is 5.13. The zero-order valence-electron chi connectivity index (χ0n) is 12.3. The maximum Gasteiger partial charge on any atom is 0.251 e. The Morgan fingerprint density at radius 1 is 1.29 bits per heavy atom. The number of aliphatic hydroxyl groups is 1. The predicted octanol–water partition coefficient (Wildman–Crippen LogP) is 1.74. The van der Waals surface area contributed by atoms with E-state index in [0.717, 1.165) is 0 Å². The number of amides is 2. The number of rotatable bonds is 7. The fourth-order valence-electron chi connectivity index (χ4n) is 1.82. The van der Waals surface area contributed by atoms with Gasteiger partial charge in [-0.3, -0.25) is 9.59 Å². The van der Waals surface area contributed by atoms with Gasteiger partial charge in [0.15, 0.2) is 0 Å². The second-order valence-corrected chi connectivity index (χ2v) is 5.56. The van der Waals surface area contributed by atoms with Crippen LogP contribution in [0.2, 0.25) is 5.02 Å². The van der Waals surface area contributed by atoms with Crippen molar-refractivity contribution >= 4 is 23.4 Å². The summed E-state index contributed by atoms with van der Waals surface area (Å²) in [6.45, 7) is 3.69. The number of hydrogen-bond acceptors (Lipinski definition) is 3. The van der Waals surface area contributed by atoms with Crippen LogP contribution in [0.3, 0.4) is 0 Å². The van der Waals surface area contributed by atoms with Crippen LogP contribution in [0, 0.1) is 0 Å². The molecular formula is C15H21ClN2O3. The minimum Gasteiger partial charge on any atom is -0.396 e. The van der Waals surface area contributed by atoms with E-state index in [1.165, 1.54) is 0 Å². The van der Waals surface area contributed by atoms with E-state index in [-0.39, 0.29) is 25.0 Å². The molecule has 2 amide bonds. The lowest BCUT2D eigenvalue weighted by atomic mass is 9.95. The number of aliphatic hydroxyl groups excluding tert-OH is 1. The van der Waals surface area contributed by atoms with Crippen LogP contribution in [0.5, 0.6) is 0 Å². The Bertz CT molecular complexity index is 490. The minimum atomic E-state index is -0.461. The highest BCUT2D eigenvalue weighted by Crippen LogP contribution is 2.13. The van der Waals surface area contributed by atoms with Crippen molar-refractivity contribution in [3.8, 4) is 0 Å². The lowest BCUT2D eigenvalue weighted by Crippen LogP contribution is -2.49. The Kier molecular flexibility index (Phi) is 6.65.